The zero-order valence-electron chi connectivity index (χ0n) is 10.6. The molecule has 0 heterocycles. The Balaban J connectivity index is -0.000000156. The van der Waals surface area contributed by atoms with Crippen molar-refractivity contribution in [2.75, 3.05) is 0 Å². The Hall–Kier alpha value is -2.13. The predicted octanol–water partition coefficient (Wildman–Crippen LogP) is -5.27. The molecule has 0 aliphatic carbocycles. The van der Waals surface area contributed by atoms with Gasteiger partial charge in [0.2, 0.25) is 0 Å². The van der Waals surface area contributed by atoms with Crippen LogP contribution in [-0.2, 0) is 24.0 Å². The maximum atomic E-state index is 10.3. The minimum atomic E-state index is -2.74. The van der Waals surface area contributed by atoms with E-state index in [0.29, 0.717) is 0 Å². The summed E-state index contributed by atoms with van der Waals surface area (Å²) in [4.78, 5) is 48.7. The Morgan fingerprint density at radius 3 is 1.05 bits per heavy atom. The largest absolute Gasteiger partial charge is 1.00 e. The molecule has 0 aromatic carbocycles. The van der Waals surface area contributed by atoms with E-state index in [4.69, 9.17) is 40.2 Å². The van der Waals surface area contributed by atoms with Crippen molar-refractivity contribution in [1.29, 1.82) is 0 Å². The van der Waals surface area contributed by atoms with Gasteiger partial charge in [0, 0.05) is 0 Å². The van der Waals surface area contributed by atoms with Crippen molar-refractivity contribution in [2.24, 2.45) is 0 Å². The Kier molecular flexibility index (Phi) is 15.1. The van der Waals surface area contributed by atoms with Crippen molar-refractivity contribution in [3.05, 3.63) is 0 Å². The molecule has 0 bridgehead atoms. The molecule has 0 aromatic heterocycles. The van der Waals surface area contributed by atoms with Crippen LogP contribution in [0.25, 0.3) is 0 Å². The molecule has 0 fully saturated rings. The minimum absolute atomic E-state index is 0. The molecule has 0 atom stereocenters. The molecule has 0 saturated heterocycles. The van der Waals surface area contributed by atoms with Gasteiger partial charge in [-0.15, -0.1) is 0 Å². The third-order valence-corrected chi connectivity index (χ3v) is 1.47. The van der Waals surface area contributed by atoms with E-state index in [1.807, 2.05) is 0 Å². The van der Waals surface area contributed by atoms with Gasteiger partial charge in [-0.1, -0.05) is 0 Å². The summed E-state index contributed by atoms with van der Waals surface area (Å²) in [5.41, 5.74) is -2.74. The summed E-state index contributed by atoms with van der Waals surface area (Å²) in [5.74, 6) is -8.67. The van der Waals surface area contributed by atoms with Crippen molar-refractivity contribution in [3.63, 3.8) is 0 Å². The Bertz CT molecular complexity index is 374. The molecular weight excluding hydrogens is 295 g/mol. The van der Waals surface area contributed by atoms with Gasteiger partial charge in [-0.25, -0.2) is 14.4 Å². The molecule has 21 heavy (non-hydrogen) atoms. The predicted molar refractivity (Wildman–Crippen MR) is 54.3 cm³/mol. The van der Waals surface area contributed by atoms with E-state index in [1.165, 1.54) is 0 Å². The van der Waals surface area contributed by atoms with E-state index < -0.39 is 48.3 Å². The van der Waals surface area contributed by atoms with Gasteiger partial charge in [0.15, 0.2) is 5.60 Å². The number of aliphatic carboxylic acids is 5. The summed E-state index contributed by atoms with van der Waals surface area (Å²) in [5, 5.41) is 48.6. The third-order valence-electron chi connectivity index (χ3n) is 1.47. The van der Waals surface area contributed by atoms with Crippen molar-refractivity contribution in [2.45, 2.75) is 18.4 Å². The number of carboxylic acid groups (broad SMARTS) is 5. The first-order valence-corrected chi connectivity index (χ1v) is 4.28. The number of hydrogen-bond acceptors (Lipinski definition) is 7. The van der Waals surface area contributed by atoms with Crippen molar-refractivity contribution in [3.8, 4) is 0 Å². The van der Waals surface area contributed by atoms with Gasteiger partial charge in [0.1, 0.15) is 0 Å². The maximum Gasteiger partial charge on any atom is 1.00 e. The standard InChI is InChI=1S/C6H8O7.C2H2O4.Li.H2O/c7-3(8)1-6(13,5(11)12)2-4(9)10;3-1(4)2(5)6;;/h13H,1-2H2,(H,7,8)(H,9,10)(H,11,12);(H,3,4)(H,5,6);;1H2/q;;+1;/p-1. The van der Waals surface area contributed by atoms with Crippen LogP contribution < -0.4 is 18.9 Å². The van der Waals surface area contributed by atoms with Gasteiger partial charge in [0.25, 0.3) is 0 Å². The fourth-order valence-corrected chi connectivity index (χ4v) is 0.714. The topological polar surface area (TPSA) is 237 Å². The Labute approximate surface area is 128 Å². The second-order valence-corrected chi connectivity index (χ2v) is 3.09. The Morgan fingerprint density at radius 1 is 0.714 bits per heavy atom. The first kappa shape index (κ1) is 27.2. The number of aliphatic hydroxyl groups is 1. The number of hydrogen-bond donors (Lipinski definition) is 6. The summed E-state index contributed by atoms with van der Waals surface area (Å²) >= 11 is 0. The van der Waals surface area contributed by atoms with Gasteiger partial charge in [-0.3, -0.25) is 9.59 Å². The van der Waals surface area contributed by atoms with Gasteiger partial charge in [-0.2, -0.15) is 0 Å². The van der Waals surface area contributed by atoms with Gasteiger partial charge in [0.05, 0.1) is 12.8 Å². The fraction of sp³-hybridized carbons (Fsp3) is 0.375. The molecule has 0 radical (unpaired) electrons. The molecule has 7 N–H and O–H groups in total. The molecule has 0 aromatic rings. The first-order valence-electron chi connectivity index (χ1n) is 4.28. The van der Waals surface area contributed by atoms with Gasteiger partial charge < -0.3 is 36.1 Å². The van der Waals surface area contributed by atoms with E-state index in [0.717, 1.165) is 0 Å². The number of carbonyl (C=O) groups is 5. The summed E-state index contributed by atoms with van der Waals surface area (Å²) in [7, 11) is 0. The normalized spacial score (nSPS) is 8.81. The maximum absolute atomic E-state index is 10.3. The number of carboxylic acids is 5. The minimum Gasteiger partial charge on any atom is -0.870 e. The molecule has 0 saturated carbocycles. The zero-order chi connectivity index (χ0) is 15.8. The second-order valence-electron chi connectivity index (χ2n) is 3.09. The van der Waals surface area contributed by atoms with Crippen molar-refractivity contribution in [1.82, 2.24) is 0 Å². The van der Waals surface area contributed by atoms with E-state index in [-0.39, 0.29) is 24.3 Å². The van der Waals surface area contributed by atoms with E-state index >= 15 is 0 Å². The first-order chi connectivity index (χ1) is 8.42. The molecular formula is C8H11LiO12. The summed E-state index contributed by atoms with van der Waals surface area (Å²) < 4.78 is 0. The van der Waals surface area contributed by atoms with E-state index in [9.17, 15) is 14.4 Å². The van der Waals surface area contributed by atoms with Crippen LogP contribution in [0.1, 0.15) is 12.8 Å². The monoisotopic (exact) mass is 306 g/mol. The number of rotatable bonds is 5. The average Bonchev–Trinajstić information content (AvgIpc) is 2.14. The molecule has 0 aliphatic heterocycles. The van der Waals surface area contributed by atoms with Crippen LogP contribution in [0.2, 0.25) is 0 Å². The molecule has 0 rings (SSSR count). The second kappa shape index (κ2) is 11.7. The zero-order valence-corrected chi connectivity index (χ0v) is 10.6. The summed E-state index contributed by atoms with van der Waals surface area (Å²) in [6, 6.07) is 0. The van der Waals surface area contributed by atoms with Crippen molar-refractivity contribution >= 4 is 29.8 Å². The molecule has 12 nitrogen and oxygen atoms in total. The van der Waals surface area contributed by atoms with E-state index in [1.54, 1.807) is 0 Å². The smallest absolute Gasteiger partial charge is 0.870 e. The molecule has 0 spiro atoms. The van der Waals surface area contributed by atoms with Crippen LogP contribution in [0.4, 0.5) is 0 Å². The summed E-state index contributed by atoms with van der Waals surface area (Å²) in [6.45, 7) is 0. The average molecular weight is 306 g/mol. The SMILES string of the molecule is O=C(O)C(=O)O.O=C(O)CC(O)(CC(=O)O)C(=O)O.[Li+].[OH-]. The third kappa shape index (κ3) is 14.1. The quantitative estimate of drug-likeness (QED) is 0.206. The van der Waals surface area contributed by atoms with Crippen molar-refractivity contribution < 1.29 is 78.9 Å². The fourth-order valence-electron chi connectivity index (χ4n) is 0.714. The Morgan fingerprint density at radius 2 is 0.952 bits per heavy atom. The molecule has 116 valence electrons. The van der Waals surface area contributed by atoms with Crippen LogP contribution >= 0.6 is 0 Å². The van der Waals surface area contributed by atoms with Crippen LogP contribution in [0.3, 0.4) is 0 Å². The van der Waals surface area contributed by atoms with Gasteiger partial charge in [-0.05, 0) is 0 Å². The van der Waals surface area contributed by atoms with Gasteiger partial charge >= 0.3 is 48.7 Å². The van der Waals surface area contributed by atoms with Crippen LogP contribution in [0.5, 0.6) is 0 Å². The molecule has 0 unspecified atom stereocenters. The van der Waals surface area contributed by atoms with Crippen LogP contribution in [0, 0.1) is 0 Å². The van der Waals surface area contributed by atoms with E-state index in [2.05, 4.69) is 0 Å². The van der Waals surface area contributed by atoms with Crippen LogP contribution in [-0.4, -0.2) is 71.6 Å². The molecule has 0 amide bonds. The van der Waals surface area contributed by atoms with Crippen LogP contribution in [0.15, 0.2) is 0 Å². The molecule has 0 aliphatic rings. The molecule has 13 heteroatoms. The summed E-state index contributed by atoms with van der Waals surface area (Å²) in [6.07, 6.45) is -2.29.